The van der Waals surface area contributed by atoms with Crippen LogP contribution in [0, 0.1) is 56.7 Å². The van der Waals surface area contributed by atoms with Crippen LogP contribution in [-0.2, 0) is 0 Å². The molecule has 3 aromatic heterocycles. The summed E-state index contributed by atoms with van der Waals surface area (Å²) in [6.45, 7) is 0. The molecule has 0 N–H and O–H groups in total. The van der Waals surface area contributed by atoms with Crippen LogP contribution in [-0.4, -0.2) is 19.1 Å². The second-order valence-corrected chi connectivity index (χ2v) is 20.4. The predicted molar refractivity (Wildman–Crippen MR) is 332 cm³/mol. The number of nitriles is 5. The highest BCUT2D eigenvalue weighted by molar-refractivity contribution is 6.14. The van der Waals surface area contributed by atoms with Crippen molar-refractivity contribution in [2.24, 2.45) is 0 Å². The van der Waals surface area contributed by atoms with E-state index in [-0.39, 0.29) is 0 Å². The molecule has 0 atom stereocenters. The predicted octanol–water partition coefficient (Wildman–Crippen LogP) is 17.7. The number of rotatable bonds is 9. The topological polar surface area (TPSA) is 155 Å². The quantitative estimate of drug-likeness (QED) is 0.139. The second kappa shape index (κ2) is 20.7. The van der Waals surface area contributed by atoms with Gasteiger partial charge in [-0.25, -0.2) is 9.97 Å². The molecule has 0 saturated carbocycles. The lowest BCUT2D eigenvalue weighted by Gasteiger charge is -2.19. The number of fused-ring (bicyclic) bond motifs is 6. The van der Waals surface area contributed by atoms with Crippen LogP contribution < -0.4 is 0 Å². The maximum atomic E-state index is 12.1. The first-order chi connectivity index (χ1) is 41.4. The van der Waals surface area contributed by atoms with Crippen molar-refractivity contribution >= 4 is 43.6 Å². The zero-order valence-electron chi connectivity index (χ0n) is 44.7. The summed E-state index contributed by atoms with van der Waals surface area (Å²) in [5, 5.41) is 56.9. The molecule has 11 aromatic carbocycles. The molecular formula is C75H41N9. The van der Waals surface area contributed by atoms with E-state index in [0.717, 1.165) is 99.2 Å². The molecular weight excluding hydrogens is 1030 g/mol. The van der Waals surface area contributed by atoms with E-state index in [1.807, 2.05) is 200 Å². The van der Waals surface area contributed by atoms with E-state index in [0.29, 0.717) is 62.0 Å². The minimum Gasteiger partial charge on any atom is -0.308 e. The molecule has 84 heavy (non-hydrogen) atoms. The average molecular weight is 1070 g/mol. The van der Waals surface area contributed by atoms with Crippen LogP contribution in [0.1, 0.15) is 27.8 Å². The zero-order valence-corrected chi connectivity index (χ0v) is 44.7. The van der Waals surface area contributed by atoms with Gasteiger partial charge in [0.15, 0.2) is 5.82 Å². The minimum absolute atomic E-state index is 0.356. The lowest BCUT2D eigenvalue weighted by molar-refractivity contribution is 1.11. The molecule has 9 heteroatoms. The summed E-state index contributed by atoms with van der Waals surface area (Å²) < 4.78 is 4.27. The summed E-state index contributed by atoms with van der Waals surface area (Å²) in [6.07, 6.45) is 0. The molecule has 0 aliphatic heterocycles. The Morgan fingerprint density at radius 1 is 0.262 bits per heavy atom. The van der Waals surface area contributed by atoms with Crippen molar-refractivity contribution in [3.05, 3.63) is 277 Å². The van der Waals surface area contributed by atoms with Gasteiger partial charge in [-0.2, -0.15) is 26.3 Å². The molecule has 14 aromatic rings. The molecule has 0 aliphatic carbocycles. The number of hydrogen-bond donors (Lipinski definition) is 0. The van der Waals surface area contributed by atoms with E-state index >= 15 is 0 Å². The van der Waals surface area contributed by atoms with Gasteiger partial charge in [-0.05, 0) is 136 Å². The van der Waals surface area contributed by atoms with E-state index in [9.17, 15) is 26.3 Å². The summed E-state index contributed by atoms with van der Waals surface area (Å²) in [5.41, 5.74) is 17.2. The molecule has 3 heterocycles. The van der Waals surface area contributed by atoms with Crippen LogP contribution in [0.4, 0.5) is 0 Å². The van der Waals surface area contributed by atoms with Gasteiger partial charge in [-0.3, -0.25) is 0 Å². The summed E-state index contributed by atoms with van der Waals surface area (Å²) in [7, 11) is 0. The van der Waals surface area contributed by atoms with Crippen molar-refractivity contribution in [1.29, 1.82) is 26.3 Å². The van der Waals surface area contributed by atoms with Gasteiger partial charge in [0, 0.05) is 38.2 Å². The fourth-order valence-electron chi connectivity index (χ4n) is 11.9. The standard InChI is InChI=1S/C75H41N9/c76-42-53-19-7-11-23-58(53)49-27-31-69-62(35-49)63-36-50(59-24-12-8-20-54(59)43-77)28-32-70(63)83(69)73-39-57(75-81-67(47-15-3-1-4-16-47)41-68(82-75)48-17-5-2-6-18-48)40-74(66(73)46-80)84-71-33-29-51(60-25-13-9-21-55(60)44-78)37-64(71)65-38-52(30-34-72(65)84)61-26-14-10-22-56(61)45-79/h1-41H. The third-order valence-electron chi connectivity index (χ3n) is 15.8. The fraction of sp³-hybridized carbons (Fsp3) is 0. The average Bonchev–Trinajstić information content (AvgIpc) is 3.98. The fourth-order valence-corrected chi connectivity index (χ4v) is 11.9. The molecule has 0 saturated heterocycles. The van der Waals surface area contributed by atoms with Gasteiger partial charge in [-0.15, -0.1) is 0 Å². The molecule has 0 radical (unpaired) electrons. The molecule has 14 rings (SSSR count). The summed E-state index contributed by atoms with van der Waals surface area (Å²) in [4.78, 5) is 10.8. The van der Waals surface area contributed by atoms with Crippen molar-refractivity contribution in [3.63, 3.8) is 0 Å². The summed E-state index contributed by atoms with van der Waals surface area (Å²) in [6, 6.07) is 93.3. The highest BCUT2D eigenvalue weighted by Crippen LogP contribution is 2.44. The molecule has 0 unspecified atom stereocenters. The monoisotopic (exact) mass is 1070 g/mol. The lowest BCUT2D eigenvalue weighted by Crippen LogP contribution is -2.06. The van der Waals surface area contributed by atoms with Crippen molar-refractivity contribution < 1.29 is 0 Å². The van der Waals surface area contributed by atoms with E-state index in [1.165, 1.54) is 0 Å². The molecule has 0 spiro atoms. The first-order valence-electron chi connectivity index (χ1n) is 27.2. The van der Waals surface area contributed by atoms with E-state index in [4.69, 9.17) is 9.97 Å². The Labute approximate surface area is 483 Å². The van der Waals surface area contributed by atoms with Crippen LogP contribution in [0.25, 0.3) is 133 Å². The van der Waals surface area contributed by atoms with Crippen molar-refractivity contribution in [2.45, 2.75) is 0 Å². The van der Waals surface area contributed by atoms with Crippen LogP contribution >= 0.6 is 0 Å². The first kappa shape index (κ1) is 49.8. The molecule has 0 bridgehead atoms. The van der Waals surface area contributed by atoms with Crippen LogP contribution in [0.15, 0.2) is 249 Å². The van der Waals surface area contributed by atoms with Crippen molar-refractivity contribution in [3.8, 4) is 120 Å². The Morgan fingerprint density at radius 3 is 0.857 bits per heavy atom. The summed E-state index contributed by atoms with van der Waals surface area (Å²) in [5.74, 6) is 0.431. The first-order valence-corrected chi connectivity index (χ1v) is 27.2. The van der Waals surface area contributed by atoms with Crippen LogP contribution in [0.3, 0.4) is 0 Å². The number of nitrogens with zero attached hydrogens (tertiary/aromatic N) is 9. The Morgan fingerprint density at radius 2 is 0.560 bits per heavy atom. The summed E-state index contributed by atoms with van der Waals surface area (Å²) >= 11 is 0. The van der Waals surface area contributed by atoms with Gasteiger partial charge in [0.25, 0.3) is 0 Å². The highest BCUT2D eigenvalue weighted by atomic mass is 15.0. The van der Waals surface area contributed by atoms with Gasteiger partial charge in [0.2, 0.25) is 0 Å². The molecule has 0 amide bonds. The SMILES string of the molecule is N#Cc1ccccc1-c1ccc2c(c1)c1cc(-c3ccccc3C#N)ccc1n2-c1cc(-c2nc(-c3ccccc3)cc(-c3ccccc3)n2)cc(-n2c3ccc(-c4ccccc4C#N)cc3c3cc(-c4ccccc4C#N)ccc32)c1C#N. The highest BCUT2D eigenvalue weighted by Gasteiger charge is 2.26. The Bertz CT molecular complexity index is 4720. The van der Waals surface area contributed by atoms with Crippen molar-refractivity contribution in [2.75, 3.05) is 0 Å². The number of benzene rings is 11. The van der Waals surface area contributed by atoms with Gasteiger partial charge in [-0.1, -0.05) is 158 Å². The van der Waals surface area contributed by atoms with E-state index in [2.05, 4.69) is 88.0 Å². The molecule has 9 nitrogen and oxygen atoms in total. The van der Waals surface area contributed by atoms with Crippen LogP contribution in [0.5, 0.6) is 0 Å². The van der Waals surface area contributed by atoms with Gasteiger partial charge in [0.05, 0.1) is 91.4 Å². The molecule has 386 valence electrons. The second-order valence-electron chi connectivity index (χ2n) is 20.4. The zero-order chi connectivity index (χ0) is 56.8. The largest absolute Gasteiger partial charge is 0.308 e. The third kappa shape index (κ3) is 8.37. The van der Waals surface area contributed by atoms with E-state index < -0.39 is 0 Å². The Hall–Kier alpha value is -12.5. The maximum Gasteiger partial charge on any atom is 0.160 e. The van der Waals surface area contributed by atoms with Gasteiger partial charge < -0.3 is 9.13 Å². The minimum atomic E-state index is 0.356. The Kier molecular flexibility index (Phi) is 12.2. The molecule has 0 aliphatic rings. The normalized spacial score (nSPS) is 11.0. The smallest absolute Gasteiger partial charge is 0.160 e. The number of aromatic nitrogens is 4. The maximum absolute atomic E-state index is 12.1. The van der Waals surface area contributed by atoms with Gasteiger partial charge in [0.1, 0.15) is 11.6 Å². The molecule has 0 fully saturated rings. The van der Waals surface area contributed by atoms with Crippen LogP contribution in [0.2, 0.25) is 0 Å². The van der Waals surface area contributed by atoms with Crippen molar-refractivity contribution in [1.82, 2.24) is 19.1 Å². The Balaban J connectivity index is 1.12. The number of hydrogen-bond acceptors (Lipinski definition) is 7. The van der Waals surface area contributed by atoms with Gasteiger partial charge >= 0.3 is 0 Å². The third-order valence-corrected chi connectivity index (χ3v) is 15.8. The van der Waals surface area contributed by atoms with E-state index in [1.54, 1.807) is 0 Å². The lowest BCUT2D eigenvalue weighted by atomic mass is 9.96.